The van der Waals surface area contributed by atoms with Gasteiger partial charge in [-0.1, -0.05) is 6.61 Å². The summed E-state index contributed by atoms with van der Waals surface area (Å²) in [6.07, 6.45) is 0.613. The zero-order valence-corrected chi connectivity index (χ0v) is 11.8. The van der Waals surface area contributed by atoms with Gasteiger partial charge in [0.05, 0.1) is 6.61 Å². The Balaban J connectivity index is -0.000000845. The molecule has 0 fully saturated rings. The maximum absolute atomic E-state index is 11.0. The van der Waals surface area contributed by atoms with Gasteiger partial charge in [-0.15, -0.1) is 0 Å². The van der Waals surface area contributed by atoms with Gasteiger partial charge in [-0.25, -0.2) is 0 Å². The summed E-state index contributed by atoms with van der Waals surface area (Å²) in [5.41, 5.74) is 0. The monoisotopic (exact) mass is 387 g/mol. The van der Waals surface area contributed by atoms with E-state index >= 15 is 0 Å². The van der Waals surface area contributed by atoms with Crippen molar-refractivity contribution >= 4 is 11.8 Å². The minimum Gasteiger partial charge on any atom is -0.413 e. The number of nitrogens with one attached hydrogen (secondary N) is 2. The summed E-state index contributed by atoms with van der Waals surface area (Å²) in [6.45, 7) is 4.57. The Bertz CT molecular complexity index is 194. The van der Waals surface area contributed by atoms with Crippen molar-refractivity contribution in [3.05, 3.63) is 6.92 Å². The van der Waals surface area contributed by atoms with E-state index in [0.29, 0.717) is 32.6 Å². The van der Waals surface area contributed by atoms with Crippen molar-refractivity contribution in [1.29, 1.82) is 0 Å². The molecule has 0 aliphatic heterocycles. The van der Waals surface area contributed by atoms with Gasteiger partial charge in [-0.2, -0.15) is 0 Å². The fourth-order valence-corrected chi connectivity index (χ4v) is 0.796. The molecule has 15 heavy (non-hydrogen) atoms. The van der Waals surface area contributed by atoms with Crippen LogP contribution >= 0.6 is 0 Å². The van der Waals surface area contributed by atoms with Crippen LogP contribution in [0.5, 0.6) is 0 Å². The Morgan fingerprint density at radius 1 is 1.33 bits per heavy atom. The molecule has 0 saturated heterocycles. The number of ether oxygens (including phenoxy) is 1. The van der Waals surface area contributed by atoms with E-state index in [2.05, 4.69) is 17.6 Å². The number of hydrogen-bond donors (Lipinski definition) is 2. The summed E-state index contributed by atoms with van der Waals surface area (Å²) in [5.74, 6) is -0.193. The van der Waals surface area contributed by atoms with E-state index in [-0.39, 0.29) is 34.3 Å². The maximum atomic E-state index is 11.0. The molecular formula is C9H19N2O3W-. The van der Waals surface area contributed by atoms with E-state index in [1.54, 1.807) is 7.05 Å². The van der Waals surface area contributed by atoms with Crippen LogP contribution in [0.3, 0.4) is 0 Å². The normalized spacial score (nSPS) is 8.93. The first-order valence-electron chi connectivity index (χ1n) is 4.55. The third-order valence-corrected chi connectivity index (χ3v) is 1.57. The molecule has 0 unspecified atom stereocenters. The van der Waals surface area contributed by atoms with Gasteiger partial charge >= 0.3 is 0 Å². The number of rotatable bonds is 7. The summed E-state index contributed by atoms with van der Waals surface area (Å²) in [5, 5.41) is 5.07. The van der Waals surface area contributed by atoms with Gasteiger partial charge in [0.1, 0.15) is 0 Å². The summed E-state index contributed by atoms with van der Waals surface area (Å²) in [4.78, 5) is 21.8. The molecule has 0 aromatic heterocycles. The summed E-state index contributed by atoms with van der Waals surface area (Å²) in [6, 6.07) is 0. The molecule has 0 rings (SSSR count). The average molecular weight is 387 g/mol. The molecule has 0 heterocycles. The van der Waals surface area contributed by atoms with Gasteiger partial charge in [-0.3, -0.25) is 9.59 Å². The number of hydrogen-bond acceptors (Lipinski definition) is 3. The Labute approximate surface area is 106 Å². The van der Waals surface area contributed by atoms with Crippen LogP contribution in [-0.4, -0.2) is 38.6 Å². The van der Waals surface area contributed by atoms with Crippen molar-refractivity contribution in [2.24, 2.45) is 0 Å². The SMILES string of the molecule is [CH2-]COCCC(=O)NCCC(=O)NC.[HH].[W]. The smallest absolute Gasteiger partial charge is 0.222 e. The minimum atomic E-state index is -0.109. The number of carbonyl (C=O) groups excluding carboxylic acids is 2. The molecule has 0 aliphatic carbocycles. The molecule has 6 heteroatoms. The van der Waals surface area contributed by atoms with Gasteiger partial charge < -0.3 is 22.3 Å². The molecule has 90 valence electrons. The van der Waals surface area contributed by atoms with Crippen molar-refractivity contribution in [2.45, 2.75) is 12.8 Å². The van der Waals surface area contributed by atoms with Crippen LogP contribution in [0.1, 0.15) is 14.3 Å². The van der Waals surface area contributed by atoms with Crippen LogP contribution in [0.2, 0.25) is 0 Å². The molecule has 0 aromatic rings. The first-order valence-corrected chi connectivity index (χ1v) is 4.55. The average Bonchev–Trinajstić information content (AvgIpc) is 2.18. The van der Waals surface area contributed by atoms with E-state index in [4.69, 9.17) is 4.74 Å². The second kappa shape index (κ2) is 11.7. The van der Waals surface area contributed by atoms with E-state index in [9.17, 15) is 9.59 Å². The molecule has 2 N–H and O–H groups in total. The summed E-state index contributed by atoms with van der Waals surface area (Å²) in [7, 11) is 1.56. The fraction of sp³-hybridized carbons (Fsp3) is 0.667. The van der Waals surface area contributed by atoms with E-state index in [1.165, 1.54) is 0 Å². The molecule has 0 atom stereocenters. The Morgan fingerprint density at radius 2 is 2.00 bits per heavy atom. The molecular weight excluding hydrogens is 368 g/mol. The molecule has 0 aliphatic rings. The molecule has 0 saturated carbocycles. The van der Waals surface area contributed by atoms with Gasteiger partial charge in [0.25, 0.3) is 0 Å². The van der Waals surface area contributed by atoms with Gasteiger partial charge in [0.15, 0.2) is 0 Å². The number of carbonyl (C=O) groups is 2. The predicted molar refractivity (Wildman–Crippen MR) is 54.6 cm³/mol. The predicted octanol–water partition coefficient (Wildman–Crippen LogP) is -0.277. The third-order valence-electron chi connectivity index (χ3n) is 1.57. The van der Waals surface area contributed by atoms with Crippen LogP contribution < -0.4 is 10.6 Å². The van der Waals surface area contributed by atoms with E-state index in [0.717, 1.165) is 0 Å². The van der Waals surface area contributed by atoms with Crippen LogP contribution in [0, 0.1) is 6.92 Å². The van der Waals surface area contributed by atoms with Crippen LogP contribution in [0.4, 0.5) is 0 Å². The maximum Gasteiger partial charge on any atom is 0.222 e. The summed E-state index contributed by atoms with van der Waals surface area (Å²) >= 11 is 0. The van der Waals surface area contributed by atoms with Gasteiger partial charge in [0.2, 0.25) is 11.8 Å². The quantitative estimate of drug-likeness (QED) is 0.467. The number of amides is 2. The molecule has 0 bridgehead atoms. The third kappa shape index (κ3) is 11.5. The van der Waals surface area contributed by atoms with Crippen molar-refractivity contribution < 1.29 is 36.8 Å². The first kappa shape index (κ1) is 17.0. The van der Waals surface area contributed by atoms with Crippen molar-refractivity contribution in [3.63, 3.8) is 0 Å². The molecule has 0 radical (unpaired) electrons. The standard InChI is InChI=1S/C9H17N2O3.W.H2/c1-3-14-7-5-9(13)11-6-4-8(12)10-2;;/h1,3-7H2,2H3,(H,10,12)(H,11,13);;1H/q-1;;. The van der Waals surface area contributed by atoms with Crippen LogP contribution in [-0.2, 0) is 35.4 Å². The van der Waals surface area contributed by atoms with Gasteiger partial charge in [0, 0.05) is 48.9 Å². The first-order chi connectivity index (χ1) is 6.70. The van der Waals surface area contributed by atoms with Crippen molar-refractivity contribution in [2.75, 3.05) is 26.8 Å². The second-order valence-corrected chi connectivity index (χ2v) is 2.64. The summed E-state index contributed by atoms with van der Waals surface area (Å²) < 4.78 is 4.90. The van der Waals surface area contributed by atoms with E-state index < -0.39 is 0 Å². The van der Waals surface area contributed by atoms with Crippen molar-refractivity contribution in [1.82, 2.24) is 10.6 Å². The molecule has 0 spiro atoms. The molecule has 0 aromatic carbocycles. The Morgan fingerprint density at radius 3 is 2.53 bits per heavy atom. The Kier molecular flexibility index (Phi) is 13.2. The van der Waals surface area contributed by atoms with Crippen LogP contribution in [0.15, 0.2) is 0 Å². The molecule has 5 nitrogen and oxygen atoms in total. The minimum absolute atomic E-state index is 0. The Hall–Kier alpha value is -0.412. The second-order valence-electron chi connectivity index (χ2n) is 2.64. The zero-order valence-electron chi connectivity index (χ0n) is 8.88. The topological polar surface area (TPSA) is 67.4 Å². The van der Waals surface area contributed by atoms with Gasteiger partial charge in [-0.05, 0) is 0 Å². The largest absolute Gasteiger partial charge is 0.413 e. The fourth-order valence-electron chi connectivity index (χ4n) is 0.796. The van der Waals surface area contributed by atoms with E-state index in [1.807, 2.05) is 0 Å². The van der Waals surface area contributed by atoms with Crippen molar-refractivity contribution in [3.8, 4) is 0 Å². The molecule has 2 amide bonds. The van der Waals surface area contributed by atoms with Crippen LogP contribution in [0.25, 0.3) is 0 Å². The zero-order chi connectivity index (χ0) is 10.8.